The lowest BCUT2D eigenvalue weighted by atomic mass is 10.3. The molecule has 0 spiro atoms. The van der Waals surface area contributed by atoms with E-state index in [1.165, 1.54) is 4.68 Å². The number of halogens is 1. The Kier molecular flexibility index (Phi) is 7.76. The molecule has 0 aliphatic heterocycles. The van der Waals surface area contributed by atoms with Crippen LogP contribution < -0.4 is 10.1 Å². The van der Waals surface area contributed by atoms with Crippen molar-refractivity contribution in [1.82, 2.24) is 20.0 Å². The van der Waals surface area contributed by atoms with E-state index in [-0.39, 0.29) is 12.6 Å². The van der Waals surface area contributed by atoms with Crippen molar-refractivity contribution in [2.75, 3.05) is 26.2 Å². The van der Waals surface area contributed by atoms with Gasteiger partial charge in [0.15, 0.2) is 6.73 Å². The fourth-order valence-corrected chi connectivity index (χ4v) is 2.65. The van der Waals surface area contributed by atoms with E-state index in [1.54, 1.807) is 24.4 Å². The molecule has 0 saturated heterocycles. The molecule has 2 rings (SSSR count). The van der Waals surface area contributed by atoms with Crippen LogP contribution in [0.25, 0.3) is 0 Å². The van der Waals surface area contributed by atoms with Crippen LogP contribution in [0.5, 0.6) is 5.75 Å². The smallest absolute Gasteiger partial charge is 0.269 e. The number of para-hydroxylation sites is 1. The number of nitrogens with one attached hydrogen (secondary N) is 1. The lowest BCUT2D eigenvalue weighted by Gasteiger charge is -2.17. The summed E-state index contributed by atoms with van der Waals surface area (Å²) in [5, 5.41) is 7.60. The van der Waals surface area contributed by atoms with E-state index >= 15 is 0 Å². The maximum atomic E-state index is 12.3. The van der Waals surface area contributed by atoms with E-state index in [9.17, 15) is 4.79 Å². The number of hydrogen-bond donors (Lipinski definition) is 1. The number of rotatable bonds is 10. The van der Waals surface area contributed by atoms with Gasteiger partial charge >= 0.3 is 0 Å². The van der Waals surface area contributed by atoms with Gasteiger partial charge in [-0.15, -0.1) is 0 Å². The van der Waals surface area contributed by atoms with Crippen LogP contribution in [0.2, 0.25) is 5.02 Å². The molecule has 1 aromatic carbocycles. The summed E-state index contributed by atoms with van der Waals surface area (Å²) < 4.78 is 7.16. The Bertz CT molecular complexity index is 671. The van der Waals surface area contributed by atoms with Crippen molar-refractivity contribution in [1.29, 1.82) is 0 Å². The van der Waals surface area contributed by atoms with Crippen LogP contribution in [0, 0.1) is 0 Å². The first kappa shape index (κ1) is 19.3. The van der Waals surface area contributed by atoms with Crippen LogP contribution in [-0.4, -0.2) is 46.8 Å². The molecule has 0 aliphatic carbocycles. The third-order valence-corrected chi connectivity index (χ3v) is 4.27. The number of ether oxygens (including phenoxy) is 1. The van der Waals surface area contributed by atoms with Crippen molar-refractivity contribution in [3.63, 3.8) is 0 Å². The number of nitrogens with zero attached hydrogens (tertiary/aromatic N) is 3. The molecule has 25 heavy (non-hydrogen) atoms. The van der Waals surface area contributed by atoms with Gasteiger partial charge in [-0.05, 0) is 44.3 Å². The van der Waals surface area contributed by atoms with Crippen LogP contribution in [-0.2, 0) is 6.73 Å². The summed E-state index contributed by atoms with van der Waals surface area (Å²) in [7, 11) is 0. The van der Waals surface area contributed by atoms with E-state index in [4.69, 9.17) is 16.3 Å². The molecule has 1 aromatic heterocycles. The molecular formula is C18H25ClN4O2. The highest BCUT2D eigenvalue weighted by Crippen LogP contribution is 2.23. The highest BCUT2D eigenvalue weighted by molar-refractivity contribution is 6.32. The van der Waals surface area contributed by atoms with Crippen molar-refractivity contribution < 1.29 is 9.53 Å². The number of carbonyl (C=O) groups excluding carboxylic acids is 1. The zero-order valence-electron chi connectivity index (χ0n) is 14.7. The van der Waals surface area contributed by atoms with E-state index in [0.29, 0.717) is 23.0 Å². The minimum Gasteiger partial charge on any atom is -0.470 e. The molecule has 0 saturated carbocycles. The van der Waals surface area contributed by atoms with Gasteiger partial charge in [-0.1, -0.05) is 37.6 Å². The Morgan fingerprint density at radius 3 is 2.76 bits per heavy atom. The summed E-state index contributed by atoms with van der Waals surface area (Å²) in [5.41, 5.74) is 0.467. The van der Waals surface area contributed by atoms with Gasteiger partial charge in [0.25, 0.3) is 5.91 Å². The molecule has 1 N–H and O–H groups in total. The molecule has 1 amide bonds. The van der Waals surface area contributed by atoms with Crippen molar-refractivity contribution >= 4 is 17.5 Å². The summed E-state index contributed by atoms with van der Waals surface area (Å²) in [6.07, 6.45) is 2.50. The molecule has 0 unspecified atom stereocenters. The third-order valence-electron chi connectivity index (χ3n) is 3.96. The van der Waals surface area contributed by atoms with Gasteiger partial charge in [0.05, 0.1) is 5.02 Å². The Labute approximate surface area is 153 Å². The molecule has 6 nitrogen and oxygen atoms in total. The number of benzene rings is 1. The summed E-state index contributed by atoms with van der Waals surface area (Å²) >= 11 is 6.06. The lowest BCUT2D eigenvalue weighted by Crippen LogP contribution is -2.31. The van der Waals surface area contributed by atoms with Gasteiger partial charge in [-0.3, -0.25) is 4.79 Å². The number of carbonyl (C=O) groups is 1. The second-order valence-corrected chi connectivity index (χ2v) is 5.96. The predicted molar refractivity (Wildman–Crippen MR) is 99.0 cm³/mol. The molecule has 0 radical (unpaired) electrons. The quantitative estimate of drug-likeness (QED) is 0.658. The first-order valence-corrected chi connectivity index (χ1v) is 8.93. The Hall–Kier alpha value is -2.05. The first-order chi connectivity index (χ1) is 12.2. The molecule has 0 fully saturated rings. The van der Waals surface area contributed by atoms with Gasteiger partial charge < -0.3 is 15.0 Å². The molecule has 0 aliphatic rings. The van der Waals surface area contributed by atoms with Crippen LogP contribution >= 0.6 is 11.6 Å². The van der Waals surface area contributed by atoms with E-state index in [2.05, 4.69) is 29.2 Å². The molecule has 2 aromatic rings. The first-order valence-electron chi connectivity index (χ1n) is 8.55. The average molecular weight is 365 g/mol. The maximum absolute atomic E-state index is 12.3. The molecule has 1 heterocycles. The predicted octanol–water partition coefficient (Wildman–Crippen LogP) is 3.03. The van der Waals surface area contributed by atoms with Crippen molar-refractivity contribution in [3.8, 4) is 5.75 Å². The fourth-order valence-electron chi connectivity index (χ4n) is 2.46. The number of amides is 1. The average Bonchev–Trinajstić information content (AvgIpc) is 3.09. The third kappa shape index (κ3) is 5.76. The summed E-state index contributed by atoms with van der Waals surface area (Å²) in [6.45, 7) is 8.05. The normalized spacial score (nSPS) is 10.9. The minimum absolute atomic E-state index is 0.124. The van der Waals surface area contributed by atoms with Crippen molar-refractivity contribution in [2.45, 2.75) is 27.0 Å². The molecule has 136 valence electrons. The van der Waals surface area contributed by atoms with Crippen LogP contribution in [0.1, 0.15) is 30.8 Å². The van der Waals surface area contributed by atoms with E-state index < -0.39 is 0 Å². The standard InChI is InChI=1S/C18H25ClN4O2/c1-3-22(4-2)13-7-11-20-18(24)16-10-12-21-23(16)14-25-17-9-6-5-8-15(17)19/h5-6,8-10,12H,3-4,7,11,13-14H2,1-2H3,(H,20,24). The van der Waals surface area contributed by atoms with Gasteiger partial charge in [0, 0.05) is 12.7 Å². The molecule has 0 bridgehead atoms. The zero-order chi connectivity index (χ0) is 18.1. The molecular weight excluding hydrogens is 340 g/mol. The maximum Gasteiger partial charge on any atom is 0.269 e. The fraction of sp³-hybridized carbons (Fsp3) is 0.444. The Balaban J connectivity index is 1.83. The summed E-state index contributed by atoms with van der Waals surface area (Å²) in [4.78, 5) is 14.6. The van der Waals surface area contributed by atoms with Crippen LogP contribution in [0.15, 0.2) is 36.5 Å². The van der Waals surface area contributed by atoms with Crippen LogP contribution in [0.4, 0.5) is 0 Å². The molecule has 7 heteroatoms. The second-order valence-electron chi connectivity index (χ2n) is 5.56. The lowest BCUT2D eigenvalue weighted by molar-refractivity contribution is 0.0930. The number of hydrogen-bond acceptors (Lipinski definition) is 4. The van der Waals surface area contributed by atoms with E-state index in [0.717, 1.165) is 26.1 Å². The van der Waals surface area contributed by atoms with Gasteiger partial charge in [0.1, 0.15) is 11.4 Å². The molecule has 0 atom stereocenters. The number of aromatic nitrogens is 2. The van der Waals surface area contributed by atoms with Gasteiger partial charge in [-0.2, -0.15) is 5.10 Å². The Morgan fingerprint density at radius 2 is 2.04 bits per heavy atom. The van der Waals surface area contributed by atoms with Crippen LogP contribution in [0.3, 0.4) is 0 Å². The summed E-state index contributed by atoms with van der Waals surface area (Å²) in [5.74, 6) is 0.407. The highest BCUT2D eigenvalue weighted by Gasteiger charge is 2.12. The zero-order valence-corrected chi connectivity index (χ0v) is 15.5. The Morgan fingerprint density at radius 1 is 1.28 bits per heavy atom. The van der Waals surface area contributed by atoms with Crippen molar-refractivity contribution in [3.05, 3.63) is 47.2 Å². The van der Waals surface area contributed by atoms with Gasteiger partial charge in [0.2, 0.25) is 0 Å². The highest BCUT2D eigenvalue weighted by atomic mass is 35.5. The SMILES string of the molecule is CCN(CC)CCCNC(=O)c1ccnn1COc1ccccc1Cl. The van der Waals surface area contributed by atoms with Gasteiger partial charge in [-0.25, -0.2) is 4.68 Å². The summed E-state index contributed by atoms with van der Waals surface area (Å²) in [6, 6.07) is 8.88. The monoisotopic (exact) mass is 364 g/mol. The minimum atomic E-state index is -0.153. The largest absolute Gasteiger partial charge is 0.470 e. The second kappa shape index (κ2) is 10.1. The topological polar surface area (TPSA) is 59.4 Å². The van der Waals surface area contributed by atoms with E-state index in [1.807, 2.05) is 12.1 Å². The van der Waals surface area contributed by atoms with Crippen molar-refractivity contribution in [2.24, 2.45) is 0 Å².